The van der Waals surface area contributed by atoms with E-state index in [9.17, 15) is 0 Å². The van der Waals surface area contributed by atoms with Crippen molar-refractivity contribution in [2.24, 2.45) is 22.2 Å². The molecule has 1 aliphatic rings. The number of hydrogen-bond donors (Lipinski definition) is 3. The molecule has 3 aromatic rings. The van der Waals surface area contributed by atoms with Crippen LogP contribution in [0.15, 0.2) is 47.5 Å². The number of aromatic nitrogens is 2. The Morgan fingerprint density at radius 1 is 1.03 bits per heavy atom. The Hall–Kier alpha value is -2.94. The molecule has 0 radical (unpaired) electrons. The van der Waals surface area contributed by atoms with Gasteiger partial charge in [-0.3, -0.25) is 4.90 Å². The highest BCUT2D eigenvalue weighted by Crippen LogP contribution is 2.32. The summed E-state index contributed by atoms with van der Waals surface area (Å²) in [4.78, 5) is 18.0. The van der Waals surface area contributed by atoms with Crippen molar-refractivity contribution in [1.29, 1.82) is 0 Å². The van der Waals surface area contributed by atoms with Gasteiger partial charge in [0.05, 0.1) is 11.2 Å². The zero-order chi connectivity index (χ0) is 21.8. The maximum absolute atomic E-state index is 6.26. The number of benzene rings is 2. The Bertz CT molecular complexity index is 1090. The Labute approximate surface area is 186 Å². The summed E-state index contributed by atoms with van der Waals surface area (Å²) in [7, 11) is 0. The predicted molar refractivity (Wildman–Crippen MR) is 128 cm³/mol. The molecular weight excluding hydrogens is 412 g/mol. The number of fused-ring (bicyclic) bond motifs is 1. The van der Waals surface area contributed by atoms with Crippen molar-refractivity contribution in [2.75, 3.05) is 44.2 Å². The van der Waals surface area contributed by atoms with Crippen molar-refractivity contribution in [3.05, 3.63) is 47.5 Å². The highest BCUT2D eigenvalue weighted by Gasteiger charge is 2.18. The molecule has 0 aliphatic carbocycles. The van der Waals surface area contributed by atoms with Crippen molar-refractivity contribution < 1.29 is 0 Å². The fourth-order valence-corrected chi connectivity index (χ4v) is 4.04. The van der Waals surface area contributed by atoms with E-state index in [1.54, 1.807) is 6.07 Å². The second-order valence-corrected chi connectivity index (χ2v) is 8.03. The van der Waals surface area contributed by atoms with Crippen LogP contribution in [0.1, 0.15) is 6.42 Å². The Balaban J connectivity index is 1.67. The molecule has 9 heteroatoms. The number of anilines is 1. The molecule has 1 saturated heterocycles. The third-order valence-electron chi connectivity index (χ3n) is 5.41. The van der Waals surface area contributed by atoms with Crippen LogP contribution in [0, 0.1) is 0 Å². The Kier molecular flexibility index (Phi) is 6.50. The van der Waals surface area contributed by atoms with Crippen LogP contribution in [0.5, 0.6) is 0 Å². The number of nitrogens with two attached hydrogens (primary N) is 3. The average molecular weight is 439 g/mol. The summed E-state index contributed by atoms with van der Waals surface area (Å²) in [5.74, 6) is 0.143. The number of hydrogen-bond acceptors (Lipinski definition) is 6. The van der Waals surface area contributed by atoms with Gasteiger partial charge in [0.2, 0.25) is 0 Å². The van der Waals surface area contributed by atoms with E-state index in [0.717, 1.165) is 73.5 Å². The molecule has 0 bridgehead atoms. The molecule has 162 valence electrons. The third kappa shape index (κ3) is 5.04. The molecule has 0 spiro atoms. The van der Waals surface area contributed by atoms with E-state index in [1.807, 2.05) is 24.3 Å². The predicted octanol–water partition coefficient (Wildman–Crippen LogP) is 2.33. The van der Waals surface area contributed by atoms with Crippen LogP contribution in [-0.4, -0.2) is 60.1 Å². The molecule has 2 aromatic carbocycles. The summed E-state index contributed by atoms with van der Waals surface area (Å²) < 4.78 is 0. The highest BCUT2D eigenvalue weighted by molar-refractivity contribution is 6.31. The maximum Gasteiger partial charge on any atom is 0.253 e. The van der Waals surface area contributed by atoms with Crippen LogP contribution in [0.25, 0.3) is 22.2 Å². The fourth-order valence-electron chi connectivity index (χ4n) is 3.87. The molecule has 8 nitrogen and oxygen atoms in total. The SMILES string of the molecule is NCCCN1CCN(c2cccc(-c3nc(N=C(N)N)nc4ccc(Cl)cc34)c2)CC1. The van der Waals surface area contributed by atoms with Gasteiger partial charge in [-0.15, -0.1) is 0 Å². The normalized spacial score (nSPS) is 14.7. The molecule has 2 heterocycles. The van der Waals surface area contributed by atoms with Crippen LogP contribution in [-0.2, 0) is 0 Å². The van der Waals surface area contributed by atoms with Crippen LogP contribution in [0.4, 0.5) is 11.6 Å². The largest absolute Gasteiger partial charge is 0.370 e. The Morgan fingerprint density at radius 2 is 1.84 bits per heavy atom. The first kappa shape index (κ1) is 21.3. The number of guanidine groups is 1. The fraction of sp³-hybridized carbons (Fsp3) is 0.318. The quantitative estimate of drug-likeness (QED) is 0.398. The summed E-state index contributed by atoms with van der Waals surface area (Å²) >= 11 is 6.26. The lowest BCUT2D eigenvalue weighted by molar-refractivity contribution is 0.256. The minimum atomic E-state index is -0.0829. The lowest BCUT2D eigenvalue weighted by Gasteiger charge is -2.36. The van der Waals surface area contributed by atoms with Gasteiger partial charge in [0.1, 0.15) is 0 Å². The monoisotopic (exact) mass is 438 g/mol. The summed E-state index contributed by atoms with van der Waals surface area (Å²) in [5.41, 5.74) is 20.4. The first-order valence-electron chi connectivity index (χ1n) is 10.4. The van der Waals surface area contributed by atoms with Gasteiger partial charge in [-0.05, 0) is 49.8 Å². The molecule has 1 aromatic heterocycles. The van der Waals surface area contributed by atoms with Crippen molar-refractivity contribution in [1.82, 2.24) is 14.9 Å². The van der Waals surface area contributed by atoms with Gasteiger partial charge >= 0.3 is 0 Å². The number of halogens is 1. The van der Waals surface area contributed by atoms with Gasteiger partial charge in [-0.25, -0.2) is 9.97 Å². The van der Waals surface area contributed by atoms with E-state index in [-0.39, 0.29) is 11.9 Å². The van der Waals surface area contributed by atoms with E-state index in [1.165, 1.54) is 0 Å². The van der Waals surface area contributed by atoms with Crippen molar-refractivity contribution in [3.63, 3.8) is 0 Å². The topological polar surface area (TPSA) is 123 Å². The molecule has 0 unspecified atom stereocenters. The lowest BCUT2D eigenvalue weighted by Crippen LogP contribution is -2.46. The molecular formula is C22H27ClN8. The summed E-state index contributed by atoms with van der Waals surface area (Å²) in [6.45, 7) is 5.82. The van der Waals surface area contributed by atoms with E-state index >= 15 is 0 Å². The minimum Gasteiger partial charge on any atom is -0.370 e. The maximum atomic E-state index is 6.26. The zero-order valence-corrected chi connectivity index (χ0v) is 18.1. The van der Waals surface area contributed by atoms with Crippen LogP contribution in [0.3, 0.4) is 0 Å². The smallest absolute Gasteiger partial charge is 0.253 e. The van der Waals surface area contributed by atoms with E-state index in [0.29, 0.717) is 5.02 Å². The van der Waals surface area contributed by atoms with Gasteiger partial charge in [-0.2, -0.15) is 4.99 Å². The van der Waals surface area contributed by atoms with Gasteiger partial charge in [0.15, 0.2) is 5.96 Å². The summed E-state index contributed by atoms with van der Waals surface area (Å²) in [6, 6.07) is 13.9. The molecule has 0 saturated carbocycles. The second-order valence-electron chi connectivity index (χ2n) is 7.59. The van der Waals surface area contributed by atoms with E-state index < -0.39 is 0 Å². The molecule has 0 atom stereocenters. The van der Waals surface area contributed by atoms with Crippen molar-refractivity contribution >= 4 is 40.1 Å². The number of rotatable bonds is 6. The lowest BCUT2D eigenvalue weighted by atomic mass is 10.1. The summed E-state index contributed by atoms with van der Waals surface area (Å²) in [6.07, 6.45) is 1.04. The number of nitrogens with zero attached hydrogens (tertiary/aromatic N) is 5. The van der Waals surface area contributed by atoms with Crippen molar-refractivity contribution in [2.45, 2.75) is 6.42 Å². The summed E-state index contributed by atoms with van der Waals surface area (Å²) in [5, 5.41) is 1.47. The number of piperazine rings is 1. The minimum absolute atomic E-state index is 0.0829. The number of aliphatic imine (C=N–C) groups is 1. The van der Waals surface area contributed by atoms with Gasteiger partial charge in [0, 0.05) is 47.8 Å². The molecule has 31 heavy (non-hydrogen) atoms. The van der Waals surface area contributed by atoms with Crippen LogP contribution < -0.4 is 22.1 Å². The zero-order valence-electron chi connectivity index (χ0n) is 17.3. The molecule has 1 aliphatic heterocycles. The van der Waals surface area contributed by atoms with Crippen molar-refractivity contribution in [3.8, 4) is 11.3 Å². The first-order valence-corrected chi connectivity index (χ1v) is 10.8. The van der Waals surface area contributed by atoms with Gasteiger partial charge in [0.25, 0.3) is 5.95 Å². The standard InChI is InChI=1S/C22H27ClN8/c23-16-5-6-19-18(14-16)20(28-22(27-19)29-21(25)26)15-3-1-4-17(13-15)31-11-9-30(10-12-31)8-2-7-24/h1,3-6,13-14H,2,7-12,24H2,(H4,25,26,27,28,29). The first-order chi connectivity index (χ1) is 15.0. The van der Waals surface area contributed by atoms with Crippen LogP contribution in [0.2, 0.25) is 5.02 Å². The average Bonchev–Trinajstić information content (AvgIpc) is 2.77. The molecule has 1 fully saturated rings. The second kappa shape index (κ2) is 9.47. The third-order valence-corrected chi connectivity index (χ3v) is 5.65. The molecule has 4 rings (SSSR count). The highest BCUT2D eigenvalue weighted by atomic mass is 35.5. The molecule has 6 N–H and O–H groups in total. The van der Waals surface area contributed by atoms with Crippen LogP contribution >= 0.6 is 11.6 Å². The van der Waals surface area contributed by atoms with E-state index in [4.69, 9.17) is 28.8 Å². The Morgan fingerprint density at radius 3 is 2.58 bits per heavy atom. The van der Waals surface area contributed by atoms with Gasteiger partial charge in [-0.1, -0.05) is 23.7 Å². The van der Waals surface area contributed by atoms with E-state index in [2.05, 4.69) is 36.9 Å². The molecule has 0 amide bonds. The van der Waals surface area contributed by atoms with Gasteiger partial charge < -0.3 is 22.1 Å².